The molecule has 0 fully saturated rings. The minimum Gasteiger partial charge on any atom is -0.396 e. The number of carbonyl (C=O) groups is 2. The second-order valence-corrected chi connectivity index (χ2v) is 6.13. The fourth-order valence-electron chi connectivity index (χ4n) is 2.31. The second-order valence-electron chi connectivity index (χ2n) is 6.13. The number of hydrogen-bond acceptors (Lipinski definition) is 6. The smallest absolute Gasteiger partial charge is 0.213 e. The number of nitrogens with zero attached hydrogens (tertiary/aromatic N) is 3. The minimum atomic E-state index is 0.238. The molecule has 0 bridgehead atoms. The van der Waals surface area contributed by atoms with Crippen LogP contribution in [0.2, 0.25) is 0 Å². The summed E-state index contributed by atoms with van der Waals surface area (Å²) in [5, 5.41) is 14.0. The summed E-state index contributed by atoms with van der Waals surface area (Å²) in [4.78, 5) is 24.8. The number of unbranched alkanes of at least 4 members (excludes halogenated alkanes) is 1. The summed E-state index contributed by atoms with van der Waals surface area (Å²) in [6.07, 6.45) is 4.44. The number of benzene rings is 1. The molecule has 2 aromatic rings. The summed E-state index contributed by atoms with van der Waals surface area (Å²) in [7, 11) is 3.99. The lowest BCUT2D eigenvalue weighted by Gasteiger charge is -2.11. The van der Waals surface area contributed by atoms with Crippen LogP contribution in [0.4, 0.5) is 11.8 Å². The summed E-state index contributed by atoms with van der Waals surface area (Å²) in [5.74, 6) is 1.82. The first kappa shape index (κ1) is 26.1. The summed E-state index contributed by atoms with van der Waals surface area (Å²) in [5.41, 5.74) is 2.58. The monoisotopic (exact) mass is 405 g/mol. The van der Waals surface area contributed by atoms with E-state index in [4.69, 9.17) is 14.7 Å². The van der Waals surface area contributed by atoms with Gasteiger partial charge in [-0.3, -0.25) is 9.59 Å². The molecule has 0 atom stereocenters. The average molecular weight is 406 g/mol. The van der Waals surface area contributed by atoms with Gasteiger partial charge in [0.2, 0.25) is 18.8 Å². The summed E-state index contributed by atoms with van der Waals surface area (Å²) in [6.45, 7) is 7.99. The Morgan fingerprint density at radius 1 is 1.14 bits per heavy atom. The lowest BCUT2D eigenvalue weighted by molar-refractivity contribution is -0.117. The van der Waals surface area contributed by atoms with Crippen LogP contribution in [-0.4, -0.2) is 54.7 Å². The molecule has 162 valence electrons. The molecule has 2 amide bonds. The third-order valence-corrected chi connectivity index (χ3v) is 3.83. The molecule has 0 saturated heterocycles. The normalized spacial score (nSPS) is 9.31. The fourth-order valence-corrected chi connectivity index (χ4v) is 2.31. The zero-order valence-corrected chi connectivity index (χ0v) is 18.2. The van der Waals surface area contributed by atoms with Crippen LogP contribution in [0.25, 0.3) is 0 Å². The highest BCUT2D eigenvalue weighted by Crippen LogP contribution is 2.19. The van der Waals surface area contributed by atoms with Crippen LogP contribution < -0.4 is 15.5 Å². The van der Waals surface area contributed by atoms with Crippen LogP contribution in [0.3, 0.4) is 0 Å². The van der Waals surface area contributed by atoms with E-state index in [2.05, 4.69) is 52.3 Å². The number of carbonyl (C=O) groups excluding carboxylic acids is 2. The summed E-state index contributed by atoms with van der Waals surface area (Å²) < 4.78 is 2.15. The van der Waals surface area contributed by atoms with Crippen molar-refractivity contribution in [1.82, 2.24) is 14.9 Å². The van der Waals surface area contributed by atoms with Gasteiger partial charge in [-0.15, -0.1) is 0 Å². The third-order valence-electron chi connectivity index (χ3n) is 3.83. The Bertz CT molecular complexity index is 695. The highest BCUT2D eigenvalue weighted by atomic mass is 16.3. The van der Waals surface area contributed by atoms with E-state index in [9.17, 15) is 0 Å². The first-order valence-electron chi connectivity index (χ1n) is 9.80. The molecule has 8 nitrogen and oxygen atoms in total. The van der Waals surface area contributed by atoms with Gasteiger partial charge in [0.05, 0.1) is 12.7 Å². The summed E-state index contributed by atoms with van der Waals surface area (Å²) >= 11 is 0. The molecule has 8 heteroatoms. The molecule has 0 aliphatic carbocycles. The van der Waals surface area contributed by atoms with Crippen molar-refractivity contribution in [2.24, 2.45) is 0 Å². The molecule has 2 rings (SSSR count). The Morgan fingerprint density at radius 3 is 2.31 bits per heavy atom. The van der Waals surface area contributed by atoms with E-state index in [0.717, 1.165) is 37.7 Å². The predicted molar refractivity (Wildman–Crippen MR) is 118 cm³/mol. The Labute approximate surface area is 173 Å². The van der Waals surface area contributed by atoms with Gasteiger partial charge in [0.15, 0.2) is 0 Å². The maximum Gasteiger partial charge on any atom is 0.213 e. The number of rotatable bonds is 10. The molecule has 0 spiro atoms. The van der Waals surface area contributed by atoms with Crippen molar-refractivity contribution in [2.75, 3.05) is 37.5 Å². The van der Waals surface area contributed by atoms with E-state index < -0.39 is 0 Å². The van der Waals surface area contributed by atoms with Crippen molar-refractivity contribution < 1.29 is 14.7 Å². The maximum atomic E-state index is 9.06. The molecule has 0 aliphatic heterocycles. The number of imidazole rings is 1. The molecular formula is C21H35N5O3. The van der Waals surface area contributed by atoms with E-state index in [0.29, 0.717) is 12.8 Å². The Hall–Kier alpha value is -2.87. The second kappa shape index (κ2) is 16.1. The maximum absolute atomic E-state index is 9.06. The Balaban J connectivity index is 0.000000977. The number of aliphatic hydroxyl groups excluding tert-OH is 1. The highest BCUT2D eigenvalue weighted by molar-refractivity contribution is 5.67. The summed E-state index contributed by atoms with van der Waals surface area (Å²) in [6, 6.07) is 8.42. The zero-order valence-electron chi connectivity index (χ0n) is 18.2. The number of hydrogen-bond donors (Lipinski definition) is 3. The Kier molecular flexibility index (Phi) is 14.5. The van der Waals surface area contributed by atoms with Gasteiger partial charge in [-0.1, -0.05) is 38.1 Å². The van der Waals surface area contributed by atoms with Crippen molar-refractivity contribution in [2.45, 2.75) is 40.2 Å². The van der Waals surface area contributed by atoms with Crippen molar-refractivity contribution in [3.63, 3.8) is 0 Å². The number of anilines is 2. The van der Waals surface area contributed by atoms with Gasteiger partial charge in [-0.2, -0.15) is 4.98 Å². The number of aryl methyl sites for hydroxylation is 1. The SMILES string of the molecule is CC.Cc1ccccc1Cn1cc(N(C)C)nc1NCCCCO.O=CNC=O. The zero-order chi connectivity index (χ0) is 22.1. The van der Waals surface area contributed by atoms with E-state index in [-0.39, 0.29) is 6.61 Å². The van der Waals surface area contributed by atoms with Crippen molar-refractivity contribution in [3.05, 3.63) is 41.6 Å². The van der Waals surface area contributed by atoms with E-state index in [1.165, 1.54) is 11.1 Å². The molecule has 0 unspecified atom stereocenters. The van der Waals surface area contributed by atoms with E-state index >= 15 is 0 Å². The van der Waals surface area contributed by atoms with Crippen LogP contribution >= 0.6 is 0 Å². The van der Waals surface area contributed by atoms with Gasteiger partial charge in [-0.05, 0) is 30.9 Å². The molecule has 29 heavy (non-hydrogen) atoms. The molecule has 3 N–H and O–H groups in total. The number of nitrogens with one attached hydrogen (secondary N) is 2. The van der Waals surface area contributed by atoms with Crippen molar-refractivity contribution in [3.8, 4) is 0 Å². The average Bonchev–Trinajstić information content (AvgIpc) is 3.13. The molecule has 1 aromatic heterocycles. The van der Waals surface area contributed by atoms with E-state index in [1.807, 2.05) is 32.8 Å². The number of aliphatic hydroxyl groups is 1. The van der Waals surface area contributed by atoms with Gasteiger partial charge in [0.1, 0.15) is 5.82 Å². The number of amides is 2. The topological polar surface area (TPSA) is 99.5 Å². The molecular weight excluding hydrogens is 370 g/mol. The largest absolute Gasteiger partial charge is 0.396 e. The first-order valence-corrected chi connectivity index (χ1v) is 9.80. The van der Waals surface area contributed by atoms with Gasteiger partial charge >= 0.3 is 0 Å². The molecule has 1 heterocycles. The van der Waals surface area contributed by atoms with Gasteiger partial charge in [-0.25, -0.2) is 0 Å². The number of aromatic nitrogens is 2. The Morgan fingerprint density at radius 2 is 1.79 bits per heavy atom. The van der Waals surface area contributed by atoms with Crippen LogP contribution in [0, 0.1) is 6.92 Å². The lowest BCUT2D eigenvalue weighted by atomic mass is 10.1. The quantitative estimate of drug-likeness (QED) is 0.415. The van der Waals surface area contributed by atoms with Crippen molar-refractivity contribution in [1.29, 1.82) is 0 Å². The van der Waals surface area contributed by atoms with Gasteiger partial charge < -0.3 is 25.2 Å². The van der Waals surface area contributed by atoms with Crippen LogP contribution in [0.15, 0.2) is 30.5 Å². The number of imide groups is 1. The molecule has 0 aliphatic rings. The van der Waals surface area contributed by atoms with E-state index in [1.54, 1.807) is 5.32 Å². The molecule has 1 aromatic carbocycles. The highest BCUT2D eigenvalue weighted by Gasteiger charge is 2.10. The predicted octanol–water partition coefficient (Wildman–Crippen LogP) is 2.41. The third kappa shape index (κ3) is 10.3. The standard InChI is InChI=1S/C17H26N4O.C2H3NO2.C2H6/c1-14-8-4-5-9-15(14)12-21-13-16(20(2)3)19-17(21)18-10-6-7-11-22;4-1-3-2-5;1-2/h4-5,8-9,13,22H,6-7,10-12H2,1-3H3,(H,18,19);1-2H,(H,3,4,5);1-2H3. The fraction of sp³-hybridized carbons (Fsp3) is 0.476. The van der Waals surface area contributed by atoms with Crippen LogP contribution in [-0.2, 0) is 16.1 Å². The van der Waals surface area contributed by atoms with Crippen LogP contribution in [0.5, 0.6) is 0 Å². The first-order chi connectivity index (χ1) is 14.0. The minimum absolute atomic E-state index is 0.238. The van der Waals surface area contributed by atoms with Gasteiger partial charge in [0.25, 0.3) is 0 Å². The van der Waals surface area contributed by atoms with Crippen molar-refractivity contribution >= 4 is 24.6 Å². The molecule has 0 radical (unpaired) electrons. The van der Waals surface area contributed by atoms with Crippen LogP contribution in [0.1, 0.15) is 37.8 Å². The lowest BCUT2D eigenvalue weighted by Crippen LogP contribution is -2.10. The molecule has 0 saturated carbocycles. The van der Waals surface area contributed by atoms with Gasteiger partial charge in [0, 0.05) is 27.2 Å².